The Kier molecular flexibility index (Phi) is 4.66. The number of carbonyl (C=O) groups is 1. The van der Waals surface area contributed by atoms with Crippen LogP contribution in [0.2, 0.25) is 5.15 Å². The van der Waals surface area contributed by atoms with E-state index in [0.29, 0.717) is 0 Å². The summed E-state index contributed by atoms with van der Waals surface area (Å²) < 4.78 is 26.1. The lowest BCUT2D eigenvalue weighted by molar-refractivity contribution is -0.130. The lowest BCUT2D eigenvalue weighted by atomic mass is 10.3. The molecular weight excluding hydrogens is 278 g/mol. The first-order valence-corrected chi connectivity index (χ1v) is 6.95. The highest BCUT2D eigenvalue weighted by Crippen LogP contribution is 2.11. The Balaban J connectivity index is 2.89. The van der Waals surface area contributed by atoms with Gasteiger partial charge in [-0.3, -0.25) is 4.79 Å². The van der Waals surface area contributed by atoms with Gasteiger partial charge in [0.15, 0.2) is 0 Å². The molecule has 100 valence electrons. The van der Waals surface area contributed by atoms with Crippen LogP contribution >= 0.6 is 11.6 Å². The van der Waals surface area contributed by atoms with Crippen LogP contribution in [-0.2, 0) is 14.8 Å². The largest absolute Gasteiger partial charge is 0.347 e. The number of halogens is 1. The Bertz CT molecular complexity index is 528. The Morgan fingerprint density at radius 2 is 2.06 bits per heavy atom. The van der Waals surface area contributed by atoms with Crippen LogP contribution in [0, 0.1) is 0 Å². The minimum atomic E-state index is -3.77. The van der Waals surface area contributed by atoms with E-state index in [-0.39, 0.29) is 16.0 Å². The smallest absolute Gasteiger partial charge is 0.242 e. The molecule has 0 spiro atoms. The van der Waals surface area contributed by atoms with E-state index in [2.05, 4.69) is 9.71 Å². The third kappa shape index (κ3) is 3.66. The van der Waals surface area contributed by atoms with E-state index in [1.165, 1.54) is 24.0 Å². The maximum absolute atomic E-state index is 11.9. The van der Waals surface area contributed by atoms with Crippen LogP contribution in [0.4, 0.5) is 0 Å². The van der Waals surface area contributed by atoms with Crippen LogP contribution < -0.4 is 4.72 Å². The molecule has 1 rings (SSSR count). The van der Waals surface area contributed by atoms with Gasteiger partial charge < -0.3 is 4.90 Å². The van der Waals surface area contributed by atoms with Gasteiger partial charge in [-0.1, -0.05) is 11.6 Å². The minimum absolute atomic E-state index is 0.0368. The van der Waals surface area contributed by atoms with E-state index >= 15 is 0 Å². The van der Waals surface area contributed by atoms with Gasteiger partial charge in [-0.25, -0.2) is 13.4 Å². The molecule has 0 fully saturated rings. The molecule has 0 saturated carbocycles. The molecule has 18 heavy (non-hydrogen) atoms. The van der Waals surface area contributed by atoms with Crippen molar-refractivity contribution in [3.8, 4) is 0 Å². The van der Waals surface area contributed by atoms with Crippen molar-refractivity contribution in [3.63, 3.8) is 0 Å². The zero-order valence-corrected chi connectivity index (χ0v) is 11.8. The van der Waals surface area contributed by atoms with Gasteiger partial charge in [0.25, 0.3) is 0 Å². The summed E-state index contributed by atoms with van der Waals surface area (Å²) in [6.45, 7) is 1.48. The average Bonchev–Trinajstić information content (AvgIpc) is 2.27. The number of aromatic nitrogens is 1. The molecule has 1 N–H and O–H groups in total. The number of carbonyl (C=O) groups excluding carboxylic acids is 1. The molecule has 0 aromatic carbocycles. The van der Waals surface area contributed by atoms with E-state index in [0.717, 1.165) is 6.20 Å². The Labute approximate surface area is 111 Å². The van der Waals surface area contributed by atoms with Crippen LogP contribution in [0.5, 0.6) is 0 Å². The second-order valence-corrected chi connectivity index (χ2v) is 5.99. The standard InChI is InChI=1S/C10H14ClN3O3S/c1-7(10(15)14(2)3)13-18(16,17)8-4-5-9(11)12-6-8/h4-7,13H,1-3H3. The predicted molar refractivity (Wildman–Crippen MR) is 67.7 cm³/mol. The Hall–Kier alpha value is -1.18. The first-order valence-electron chi connectivity index (χ1n) is 5.09. The van der Waals surface area contributed by atoms with Crippen molar-refractivity contribution in [2.24, 2.45) is 0 Å². The lowest BCUT2D eigenvalue weighted by Gasteiger charge is -2.17. The first kappa shape index (κ1) is 14.9. The van der Waals surface area contributed by atoms with Crippen molar-refractivity contribution in [1.29, 1.82) is 0 Å². The summed E-state index contributed by atoms with van der Waals surface area (Å²) in [6, 6.07) is 1.85. The topological polar surface area (TPSA) is 79.4 Å². The molecule has 0 bridgehead atoms. The molecule has 6 nitrogen and oxygen atoms in total. The van der Waals surface area contributed by atoms with Gasteiger partial charge in [-0.2, -0.15) is 4.72 Å². The molecule has 0 aliphatic heterocycles. The quantitative estimate of drug-likeness (QED) is 0.819. The van der Waals surface area contributed by atoms with Crippen LogP contribution in [0.25, 0.3) is 0 Å². The van der Waals surface area contributed by atoms with Crippen molar-refractivity contribution >= 4 is 27.5 Å². The van der Waals surface area contributed by atoms with Gasteiger partial charge in [0.1, 0.15) is 10.0 Å². The molecule has 1 heterocycles. The number of pyridine rings is 1. The van der Waals surface area contributed by atoms with Crippen molar-refractivity contribution in [3.05, 3.63) is 23.5 Å². The normalized spacial score (nSPS) is 13.1. The van der Waals surface area contributed by atoms with E-state index in [1.807, 2.05) is 0 Å². The molecule has 1 amide bonds. The summed E-state index contributed by atoms with van der Waals surface area (Å²) >= 11 is 5.57. The number of rotatable bonds is 4. The third-order valence-corrected chi connectivity index (χ3v) is 3.90. The number of sulfonamides is 1. The highest BCUT2D eigenvalue weighted by atomic mass is 35.5. The number of likely N-dealkylation sites (N-methyl/N-ethyl adjacent to an activating group) is 1. The molecule has 0 saturated heterocycles. The lowest BCUT2D eigenvalue weighted by Crippen LogP contribution is -2.44. The first-order chi connectivity index (χ1) is 8.24. The minimum Gasteiger partial charge on any atom is -0.347 e. The van der Waals surface area contributed by atoms with Crippen molar-refractivity contribution < 1.29 is 13.2 Å². The highest BCUT2D eigenvalue weighted by molar-refractivity contribution is 7.89. The van der Waals surface area contributed by atoms with Crippen LogP contribution in [0.3, 0.4) is 0 Å². The van der Waals surface area contributed by atoms with E-state index in [9.17, 15) is 13.2 Å². The van der Waals surface area contributed by atoms with Gasteiger partial charge in [0, 0.05) is 20.3 Å². The third-order valence-electron chi connectivity index (χ3n) is 2.15. The fourth-order valence-corrected chi connectivity index (χ4v) is 2.51. The van der Waals surface area contributed by atoms with E-state index in [1.54, 1.807) is 14.1 Å². The molecule has 1 unspecified atom stereocenters. The summed E-state index contributed by atoms with van der Waals surface area (Å²) in [7, 11) is -0.668. The van der Waals surface area contributed by atoms with Crippen LogP contribution in [0.1, 0.15) is 6.92 Å². The molecule has 0 aliphatic carbocycles. The zero-order chi connectivity index (χ0) is 13.9. The molecular formula is C10H14ClN3O3S. The van der Waals surface area contributed by atoms with Gasteiger partial charge >= 0.3 is 0 Å². The fourth-order valence-electron chi connectivity index (χ4n) is 1.26. The number of nitrogens with one attached hydrogen (secondary N) is 1. The molecule has 0 radical (unpaired) electrons. The maximum atomic E-state index is 11.9. The van der Waals surface area contributed by atoms with Gasteiger partial charge in [-0.15, -0.1) is 0 Å². The summed E-state index contributed by atoms with van der Waals surface area (Å²) in [6.07, 6.45) is 1.14. The number of amides is 1. The summed E-state index contributed by atoms with van der Waals surface area (Å²) in [4.78, 5) is 16.5. The summed E-state index contributed by atoms with van der Waals surface area (Å²) in [5.74, 6) is -0.333. The summed E-state index contributed by atoms with van der Waals surface area (Å²) in [5, 5.41) is 0.200. The van der Waals surface area contributed by atoms with Crippen LogP contribution in [-0.4, -0.2) is 44.3 Å². The monoisotopic (exact) mass is 291 g/mol. The Morgan fingerprint density at radius 3 is 2.50 bits per heavy atom. The SMILES string of the molecule is CC(NS(=O)(=O)c1ccc(Cl)nc1)C(=O)N(C)C. The average molecular weight is 292 g/mol. The molecule has 1 atom stereocenters. The van der Waals surface area contributed by atoms with Gasteiger partial charge in [0.05, 0.1) is 6.04 Å². The highest BCUT2D eigenvalue weighted by Gasteiger charge is 2.23. The second kappa shape index (κ2) is 5.64. The van der Waals surface area contributed by atoms with Crippen molar-refractivity contribution in [1.82, 2.24) is 14.6 Å². The van der Waals surface area contributed by atoms with Crippen LogP contribution in [0.15, 0.2) is 23.2 Å². The number of hydrogen-bond acceptors (Lipinski definition) is 4. The predicted octanol–water partition coefficient (Wildman–Crippen LogP) is 0.490. The maximum Gasteiger partial charge on any atom is 0.242 e. The van der Waals surface area contributed by atoms with Gasteiger partial charge in [-0.05, 0) is 19.1 Å². The molecule has 0 aliphatic rings. The zero-order valence-electron chi connectivity index (χ0n) is 10.2. The van der Waals surface area contributed by atoms with Gasteiger partial charge in [0.2, 0.25) is 15.9 Å². The summed E-state index contributed by atoms with van der Waals surface area (Å²) in [5.41, 5.74) is 0. The number of hydrogen-bond donors (Lipinski definition) is 1. The second-order valence-electron chi connectivity index (χ2n) is 3.89. The van der Waals surface area contributed by atoms with E-state index < -0.39 is 16.1 Å². The van der Waals surface area contributed by atoms with Crippen molar-refractivity contribution in [2.45, 2.75) is 17.9 Å². The molecule has 8 heteroatoms. The molecule has 1 aromatic rings. The van der Waals surface area contributed by atoms with E-state index in [4.69, 9.17) is 11.6 Å². The molecule has 1 aromatic heterocycles. The number of nitrogens with zero attached hydrogens (tertiary/aromatic N) is 2. The fraction of sp³-hybridized carbons (Fsp3) is 0.400. The van der Waals surface area contributed by atoms with Crippen molar-refractivity contribution in [2.75, 3.05) is 14.1 Å². The Morgan fingerprint density at radius 1 is 1.44 bits per heavy atom.